The van der Waals surface area contributed by atoms with Crippen molar-refractivity contribution < 1.29 is 9.59 Å². The Balaban J connectivity index is 1.76. The predicted molar refractivity (Wildman–Crippen MR) is 116 cm³/mol. The Kier molecular flexibility index (Phi) is 7.62. The fourth-order valence-electron chi connectivity index (χ4n) is 3.85. The highest BCUT2D eigenvalue weighted by Gasteiger charge is 2.29. The fraction of sp³-hybridized carbons (Fsp3) is 0.360. The highest BCUT2D eigenvalue weighted by atomic mass is 16.2. The molecule has 29 heavy (non-hydrogen) atoms. The average molecular weight is 391 g/mol. The number of hydrogen-bond donors (Lipinski definition) is 1. The Hall–Kier alpha value is -2.88. The largest absolute Gasteiger partial charge is 0.354 e. The van der Waals surface area contributed by atoms with Gasteiger partial charge in [0.25, 0.3) is 0 Å². The summed E-state index contributed by atoms with van der Waals surface area (Å²) in [6.45, 7) is 2.53. The lowest BCUT2D eigenvalue weighted by molar-refractivity contribution is -0.140. The maximum absolute atomic E-state index is 13.2. The summed E-state index contributed by atoms with van der Waals surface area (Å²) in [4.78, 5) is 27.4. The Morgan fingerprint density at radius 2 is 1.69 bits per heavy atom. The Morgan fingerprint density at radius 1 is 1.00 bits per heavy atom. The van der Waals surface area contributed by atoms with Crippen LogP contribution in [-0.2, 0) is 16.1 Å². The van der Waals surface area contributed by atoms with Crippen LogP contribution in [0.15, 0.2) is 72.3 Å². The first kappa shape index (κ1) is 20.8. The number of carbonyl (C=O) groups is 2. The van der Waals surface area contributed by atoms with Crippen molar-refractivity contribution in [3.8, 4) is 0 Å². The van der Waals surface area contributed by atoms with E-state index in [2.05, 4.69) is 11.4 Å². The maximum atomic E-state index is 13.2. The molecule has 1 atom stereocenters. The second kappa shape index (κ2) is 10.6. The van der Waals surface area contributed by atoms with E-state index < -0.39 is 6.04 Å². The van der Waals surface area contributed by atoms with Crippen molar-refractivity contribution >= 4 is 11.8 Å². The molecule has 0 saturated carbocycles. The molecule has 0 bridgehead atoms. The Labute approximate surface area is 173 Å². The zero-order chi connectivity index (χ0) is 20.5. The number of rotatable bonds is 8. The first-order valence-corrected chi connectivity index (χ1v) is 10.5. The van der Waals surface area contributed by atoms with Crippen molar-refractivity contribution in [1.29, 1.82) is 0 Å². The molecular weight excluding hydrogens is 360 g/mol. The summed E-state index contributed by atoms with van der Waals surface area (Å²) in [6, 6.07) is 18.7. The number of benzene rings is 2. The van der Waals surface area contributed by atoms with Crippen molar-refractivity contribution in [2.75, 3.05) is 6.54 Å². The quantitative estimate of drug-likeness (QED) is 0.659. The van der Waals surface area contributed by atoms with Crippen LogP contribution >= 0.6 is 0 Å². The first-order chi connectivity index (χ1) is 14.1. The van der Waals surface area contributed by atoms with Gasteiger partial charge in [-0.2, -0.15) is 0 Å². The standard InChI is InChI=1S/C25H30N2O2/c1-20(28)27(19-22-13-7-3-8-14-22)24(23-15-9-4-10-16-23)25(29)26-18-17-21-11-5-2-6-12-21/h3-4,7-11,13-16,24H,2,5-6,12,17-19H2,1H3,(H,26,29)/t24-/m1/s1. The number of allylic oxidation sites excluding steroid dienone is 1. The summed E-state index contributed by atoms with van der Waals surface area (Å²) >= 11 is 0. The van der Waals surface area contributed by atoms with Crippen LogP contribution in [0, 0.1) is 0 Å². The lowest BCUT2D eigenvalue weighted by Gasteiger charge is -2.30. The molecule has 2 aromatic rings. The van der Waals surface area contributed by atoms with E-state index in [0.29, 0.717) is 13.1 Å². The van der Waals surface area contributed by atoms with E-state index in [9.17, 15) is 9.59 Å². The number of nitrogens with one attached hydrogen (secondary N) is 1. The van der Waals surface area contributed by atoms with Gasteiger partial charge >= 0.3 is 0 Å². The van der Waals surface area contributed by atoms with Gasteiger partial charge in [0, 0.05) is 20.0 Å². The van der Waals surface area contributed by atoms with E-state index in [1.54, 1.807) is 4.90 Å². The van der Waals surface area contributed by atoms with Crippen LogP contribution in [0.3, 0.4) is 0 Å². The van der Waals surface area contributed by atoms with Gasteiger partial charge in [0.1, 0.15) is 6.04 Å². The van der Waals surface area contributed by atoms with Gasteiger partial charge < -0.3 is 10.2 Å². The number of hydrogen-bond acceptors (Lipinski definition) is 2. The third-order valence-corrected chi connectivity index (χ3v) is 5.41. The number of nitrogens with zero attached hydrogens (tertiary/aromatic N) is 1. The van der Waals surface area contributed by atoms with E-state index in [-0.39, 0.29) is 11.8 Å². The lowest BCUT2D eigenvalue weighted by Crippen LogP contribution is -2.42. The molecule has 0 heterocycles. The number of carbonyl (C=O) groups excluding carboxylic acids is 2. The highest BCUT2D eigenvalue weighted by Crippen LogP contribution is 2.24. The van der Waals surface area contributed by atoms with Crippen molar-refractivity contribution in [1.82, 2.24) is 10.2 Å². The summed E-state index contributed by atoms with van der Waals surface area (Å²) in [6.07, 6.45) is 7.96. The molecule has 0 unspecified atom stereocenters. The molecule has 1 aliphatic rings. The molecule has 0 spiro atoms. The van der Waals surface area contributed by atoms with E-state index >= 15 is 0 Å². The number of amides is 2. The Morgan fingerprint density at radius 3 is 2.31 bits per heavy atom. The first-order valence-electron chi connectivity index (χ1n) is 10.5. The van der Waals surface area contributed by atoms with E-state index in [1.165, 1.54) is 25.3 Å². The zero-order valence-electron chi connectivity index (χ0n) is 17.1. The van der Waals surface area contributed by atoms with Crippen molar-refractivity contribution in [3.05, 3.63) is 83.4 Å². The molecule has 4 heteroatoms. The second-order valence-corrected chi connectivity index (χ2v) is 7.59. The molecule has 0 saturated heterocycles. The van der Waals surface area contributed by atoms with Crippen molar-refractivity contribution in [2.45, 2.75) is 51.6 Å². The summed E-state index contributed by atoms with van der Waals surface area (Å²) in [7, 11) is 0. The molecule has 0 radical (unpaired) electrons. The zero-order valence-corrected chi connectivity index (χ0v) is 17.1. The fourth-order valence-corrected chi connectivity index (χ4v) is 3.85. The van der Waals surface area contributed by atoms with E-state index in [4.69, 9.17) is 0 Å². The van der Waals surface area contributed by atoms with Crippen LogP contribution in [0.5, 0.6) is 0 Å². The van der Waals surface area contributed by atoms with Crippen LogP contribution in [0.4, 0.5) is 0 Å². The Bertz CT molecular complexity index is 830. The van der Waals surface area contributed by atoms with Gasteiger partial charge in [-0.15, -0.1) is 0 Å². The average Bonchev–Trinajstić information content (AvgIpc) is 2.75. The van der Waals surface area contributed by atoms with Gasteiger partial charge in [0.05, 0.1) is 0 Å². The summed E-state index contributed by atoms with van der Waals surface area (Å²) in [5.41, 5.74) is 3.26. The topological polar surface area (TPSA) is 49.4 Å². The minimum absolute atomic E-state index is 0.118. The smallest absolute Gasteiger partial charge is 0.247 e. The second-order valence-electron chi connectivity index (χ2n) is 7.59. The predicted octanol–water partition coefficient (Wildman–Crippen LogP) is 4.78. The highest BCUT2D eigenvalue weighted by molar-refractivity contribution is 5.88. The summed E-state index contributed by atoms with van der Waals surface area (Å²) < 4.78 is 0. The van der Waals surface area contributed by atoms with Gasteiger partial charge in [0.15, 0.2) is 0 Å². The minimum atomic E-state index is -0.644. The molecule has 2 aromatic carbocycles. The van der Waals surface area contributed by atoms with Gasteiger partial charge in [-0.1, -0.05) is 72.3 Å². The normalized spacial score (nSPS) is 14.6. The molecule has 152 valence electrons. The molecule has 0 aromatic heterocycles. The third-order valence-electron chi connectivity index (χ3n) is 5.41. The molecule has 0 aliphatic heterocycles. The van der Waals surface area contributed by atoms with Crippen molar-refractivity contribution in [3.63, 3.8) is 0 Å². The van der Waals surface area contributed by atoms with Crippen LogP contribution in [0.25, 0.3) is 0 Å². The molecule has 0 fully saturated rings. The maximum Gasteiger partial charge on any atom is 0.247 e. The molecule has 4 nitrogen and oxygen atoms in total. The van der Waals surface area contributed by atoms with Crippen LogP contribution in [-0.4, -0.2) is 23.3 Å². The minimum Gasteiger partial charge on any atom is -0.354 e. The monoisotopic (exact) mass is 390 g/mol. The van der Waals surface area contributed by atoms with E-state index in [1.807, 2.05) is 60.7 Å². The third kappa shape index (κ3) is 6.05. The SMILES string of the molecule is CC(=O)N(Cc1ccccc1)[C@@H](C(=O)NCCC1=CCCCC1)c1ccccc1. The van der Waals surface area contributed by atoms with Gasteiger partial charge in [-0.25, -0.2) is 0 Å². The lowest BCUT2D eigenvalue weighted by atomic mass is 9.97. The van der Waals surface area contributed by atoms with Crippen molar-refractivity contribution in [2.24, 2.45) is 0 Å². The molecular formula is C25H30N2O2. The van der Waals surface area contributed by atoms with Crippen LogP contribution < -0.4 is 5.32 Å². The van der Waals surface area contributed by atoms with Crippen LogP contribution in [0.2, 0.25) is 0 Å². The molecule has 2 amide bonds. The molecule has 3 rings (SSSR count). The van der Waals surface area contributed by atoms with Crippen LogP contribution in [0.1, 0.15) is 56.2 Å². The van der Waals surface area contributed by atoms with E-state index in [0.717, 1.165) is 30.4 Å². The summed E-state index contributed by atoms with van der Waals surface area (Å²) in [5, 5.41) is 3.08. The van der Waals surface area contributed by atoms with Gasteiger partial charge in [-0.05, 0) is 43.2 Å². The van der Waals surface area contributed by atoms with Gasteiger partial charge in [0.2, 0.25) is 11.8 Å². The molecule has 1 aliphatic carbocycles. The summed E-state index contributed by atoms with van der Waals surface area (Å²) in [5.74, 6) is -0.244. The van der Waals surface area contributed by atoms with Gasteiger partial charge in [-0.3, -0.25) is 9.59 Å². The molecule has 1 N–H and O–H groups in total.